The van der Waals surface area contributed by atoms with Crippen molar-refractivity contribution in [1.29, 1.82) is 0 Å². The van der Waals surface area contributed by atoms with Crippen LogP contribution in [0.25, 0.3) is 0 Å². The summed E-state index contributed by atoms with van der Waals surface area (Å²) in [5.74, 6) is -0.896. The third-order valence-corrected chi connectivity index (χ3v) is 4.03. The van der Waals surface area contributed by atoms with Crippen molar-refractivity contribution in [2.75, 3.05) is 19.8 Å². The topological polar surface area (TPSA) is 108 Å². The first-order chi connectivity index (χ1) is 11.5. The molecule has 1 saturated heterocycles. The Morgan fingerprint density at radius 3 is 2.67 bits per heavy atom. The van der Waals surface area contributed by atoms with E-state index in [0.29, 0.717) is 25.9 Å². The highest BCUT2D eigenvalue weighted by atomic mass is 16.5. The molecule has 24 heavy (non-hydrogen) atoms. The van der Waals surface area contributed by atoms with Crippen LogP contribution in [-0.4, -0.2) is 53.6 Å². The summed E-state index contributed by atoms with van der Waals surface area (Å²) in [6.45, 7) is 0.796. The molecule has 1 heterocycles. The number of aliphatic hydroxyl groups is 1. The van der Waals surface area contributed by atoms with Gasteiger partial charge in [-0.3, -0.25) is 4.79 Å². The molecule has 0 bridgehead atoms. The van der Waals surface area contributed by atoms with Crippen molar-refractivity contribution in [3.05, 3.63) is 35.9 Å². The lowest BCUT2D eigenvalue weighted by Gasteiger charge is -2.23. The maximum absolute atomic E-state index is 12.1. The molecule has 0 radical (unpaired) electrons. The van der Waals surface area contributed by atoms with Crippen LogP contribution >= 0.6 is 0 Å². The van der Waals surface area contributed by atoms with Crippen molar-refractivity contribution in [1.82, 2.24) is 10.6 Å². The summed E-state index contributed by atoms with van der Waals surface area (Å²) in [5, 5.41) is 24.4. The molecule has 132 valence electrons. The average Bonchev–Trinajstić information content (AvgIpc) is 2.99. The summed E-state index contributed by atoms with van der Waals surface area (Å²) < 4.78 is 5.13. The molecule has 0 saturated carbocycles. The van der Waals surface area contributed by atoms with E-state index in [0.717, 1.165) is 5.56 Å². The van der Waals surface area contributed by atoms with Crippen LogP contribution < -0.4 is 10.6 Å². The third kappa shape index (κ3) is 6.17. The van der Waals surface area contributed by atoms with Crippen LogP contribution in [0.4, 0.5) is 4.79 Å². The molecule has 0 spiro atoms. The number of rotatable bonds is 8. The lowest BCUT2D eigenvalue weighted by Crippen LogP contribution is -2.49. The van der Waals surface area contributed by atoms with Gasteiger partial charge in [-0.1, -0.05) is 30.3 Å². The first kappa shape index (κ1) is 18.2. The fourth-order valence-corrected chi connectivity index (χ4v) is 2.64. The molecule has 1 aromatic rings. The molecule has 2 atom stereocenters. The minimum absolute atomic E-state index is 0.0183. The Morgan fingerprint density at radius 2 is 2.04 bits per heavy atom. The standard InChI is InChI=1S/C17H24N2O5/c20-15(21)7-6-14(10-13-4-2-1-3-5-13)19-16(22)18-11-17(23)8-9-24-12-17/h1-5,14,23H,6-12H2,(H,20,21)(H2,18,19,22). The summed E-state index contributed by atoms with van der Waals surface area (Å²) >= 11 is 0. The van der Waals surface area contributed by atoms with Crippen LogP contribution in [0.2, 0.25) is 0 Å². The van der Waals surface area contributed by atoms with Crippen molar-refractivity contribution in [2.24, 2.45) is 0 Å². The van der Waals surface area contributed by atoms with Gasteiger partial charge in [-0.15, -0.1) is 0 Å². The van der Waals surface area contributed by atoms with Crippen molar-refractivity contribution >= 4 is 12.0 Å². The Kier molecular flexibility index (Phi) is 6.57. The number of carboxylic acid groups (broad SMARTS) is 1. The fourth-order valence-electron chi connectivity index (χ4n) is 2.64. The van der Waals surface area contributed by atoms with Crippen LogP contribution in [0, 0.1) is 0 Å². The second kappa shape index (κ2) is 8.65. The normalized spacial score (nSPS) is 21.2. The zero-order chi connectivity index (χ0) is 17.4. The molecule has 1 fully saturated rings. The summed E-state index contributed by atoms with van der Waals surface area (Å²) in [4.78, 5) is 22.9. The van der Waals surface area contributed by atoms with E-state index in [-0.39, 0.29) is 25.6 Å². The summed E-state index contributed by atoms with van der Waals surface area (Å²) in [5.41, 5.74) is 0.00358. The monoisotopic (exact) mass is 336 g/mol. The molecule has 7 heteroatoms. The molecule has 4 N–H and O–H groups in total. The van der Waals surface area contributed by atoms with Gasteiger partial charge < -0.3 is 25.6 Å². The van der Waals surface area contributed by atoms with Crippen molar-refractivity contribution in [3.63, 3.8) is 0 Å². The molecule has 0 aromatic heterocycles. The highest BCUT2D eigenvalue weighted by Gasteiger charge is 2.32. The molecule has 2 amide bonds. The number of hydrogen-bond acceptors (Lipinski definition) is 4. The number of benzene rings is 1. The second-order valence-electron chi connectivity index (χ2n) is 6.17. The van der Waals surface area contributed by atoms with Crippen LogP contribution in [0.3, 0.4) is 0 Å². The van der Waals surface area contributed by atoms with Gasteiger partial charge >= 0.3 is 12.0 Å². The number of carbonyl (C=O) groups is 2. The number of ether oxygens (including phenoxy) is 1. The number of carbonyl (C=O) groups excluding carboxylic acids is 1. The Hall–Kier alpha value is -2.12. The third-order valence-electron chi connectivity index (χ3n) is 4.03. The van der Waals surface area contributed by atoms with Crippen LogP contribution in [-0.2, 0) is 16.0 Å². The van der Waals surface area contributed by atoms with Crippen molar-refractivity contribution < 1.29 is 24.5 Å². The summed E-state index contributed by atoms with van der Waals surface area (Å²) in [6, 6.07) is 8.87. The SMILES string of the molecule is O=C(O)CCC(Cc1ccccc1)NC(=O)NCC1(O)CCOC1. The Bertz CT molecular complexity index is 543. The minimum Gasteiger partial charge on any atom is -0.481 e. The molecular weight excluding hydrogens is 312 g/mol. The van der Waals surface area contributed by atoms with E-state index in [1.54, 1.807) is 0 Å². The molecule has 1 aliphatic rings. The highest BCUT2D eigenvalue weighted by molar-refractivity contribution is 5.74. The summed E-state index contributed by atoms with van der Waals surface area (Å²) in [6.07, 6.45) is 1.36. The van der Waals surface area contributed by atoms with Gasteiger partial charge in [0.15, 0.2) is 0 Å². The van der Waals surface area contributed by atoms with E-state index in [1.807, 2.05) is 30.3 Å². The number of aliphatic carboxylic acids is 1. The van der Waals surface area contributed by atoms with Gasteiger partial charge in [-0.2, -0.15) is 0 Å². The second-order valence-corrected chi connectivity index (χ2v) is 6.17. The summed E-state index contributed by atoms with van der Waals surface area (Å²) in [7, 11) is 0. The fraction of sp³-hybridized carbons (Fsp3) is 0.529. The van der Waals surface area contributed by atoms with Crippen LogP contribution in [0.1, 0.15) is 24.8 Å². The molecule has 2 unspecified atom stereocenters. The zero-order valence-corrected chi connectivity index (χ0v) is 13.5. The molecule has 2 rings (SSSR count). The molecular formula is C17H24N2O5. The van der Waals surface area contributed by atoms with Crippen LogP contribution in [0.15, 0.2) is 30.3 Å². The lowest BCUT2D eigenvalue weighted by atomic mass is 10.0. The number of urea groups is 1. The lowest BCUT2D eigenvalue weighted by molar-refractivity contribution is -0.137. The van der Waals surface area contributed by atoms with Gasteiger partial charge in [-0.05, 0) is 18.4 Å². The van der Waals surface area contributed by atoms with E-state index in [9.17, 15) is 14.7 Å². The quantitative estimate of drug-likeness (QED) is 0.564. The largest absolute Gasteiger partial charge is 0.481 e. The van der Waals surface area contributed by atoms with Gasteiger partial charge in [0, 0.05) is 25.5 Å². The predicted octanol–water partition coefficient (Wildman–Crippen LogP) is 0.913. The van der Waals surface area contributed by atoms with Crippen molar-refractivity contribution in [2.45, 2.75) is 37.3 Å². The molecule has 7 nitrogen and oxygen atoms in total. The van der Waals surface area contributed by atoms with E-state index >= 15 is 0 Å². The molecule has 1 aliphatic heterocycles. The van der Waals surface area contributed by atoms with E-state index in [4.69, 9.17) is 9.84 Å². The van der Waals surface area contributed by atoms with E-state index < -0.39 is 17.6 Å². The Labute approximate surface area is 141 Å². The first-order valence-electron chi connectivity index (χ1n) is 8.07. The smallest absolute Gasteiger partial charge is 0.315 e. The molecule has 1 aromatic carbocycles. The molecule has 0 aliphatic carbocycles. The number of hydrogen-bond donors (Lipinski definition) is 4. The van der Waals surface area contributed by atoms with Gasteiger partial charge in [0.1, 0.15) is 5.60 Å². The Morgan fingerprint density at radius 1 is 1.29 bits per heavy atom. The zero-order valence-electron chi connectivity index (χ0n) is 13.5. The Balaban J connectivity index is 1.86. The van der Waals surface area contributed by atoms with E-state index in [1.165, 1.54) is 0 Å². The first-order valence-corrected chi connectivity index (χ1v) is 8.07. The van der Waals surface area contributed by atoms with Gasteiger partial charge in [0.25, 0.3) is 0 Å². The average molecular weight is 336 g/mol. The van der Waals surface area contributed by atoms with Crippen molar-refractivity contribution in [3.8, 4) is 0 Å². The van der Waals surface area contributed by atoms with Gasteiger partial charge in [-0.25, -0.2) is 4.79 Å². The predicted molar refractivity (Wildman–Crippen MR) is 87.7 cm³/mol. The maximum Gasteiger partial charge on any atom is 0.315 e. The number of nitrogens with one attached hydrogen (secondary N) is 2. The highest BCUT2D eigenvalue weighted by Crippen LogP contribution is 2.16. The van der Waals surface area contributed by atoms with Gasteiger partial charge in [0.05, 0.1) is 13.2 Å². The van der Waals surface area contributed by atoms with E-state index in [2.05, 4.69) is 10.6 Å². The maximum atomic E-state index is 12.1. The number of amides is 2. The van der Waals surface area contributed by atoms with Gasteiger partial charge in [0.2, 0.25) is 0 Å². The minimum atomic E-state index is -1.02. The number of carboxylic acids is 1. The van der Waals surface area contributed by atoms with Crippen LogP contribution in [0.5, 0.6) is 0 Å².